The molecule has 0 radical (unpaired) electrons. The molecule has 1 atom stereocenters. The van der Waals surface area contributed by atoms with Gasteiger partial charge in [0.15, 0.2) is 0 Å². The van der Waals surface area contributed by atoms with E-state index in [2.05, 4.69) is 5.32 Å². The lowest BCUT2D eigenvalue weighted by Gasteiger charge is -2.09. The van der Waals surface area contributed by atoms with Crippen LogP contribution in [0.25, 0.3) is 0 Å². The molecule has 1 heterocycles. The van der Waals surface area contributed by atoms with Gasteiger partial charge in [0.2, 0.25) is 0 Å². The Morgan fingerprint density at radius 1 is 0.800 bits per heavy atom. The second-order valence-corrected chi connectivity index (χ2v) is 4.70. The first kappa shape index (κ1) is 12.7. The van der Waals surface area contributed by atoms with Gasteiger partial charge in [-0.1, -0.05) is 32.1 Å². The average molecular weight is 211 g/mol. The Morgan fingerprint density at radius 3 is 2.07 bits per heavy atom. The van der Waals surface area contributed by atoms with Gasteiger partial charge in [0, 0.05) is 5.92 Å². The monoisotopic (exact) mass is 211 g/mol. The summed E-state index contributed by atoms with van der Waals surface area (Å²) < 4.78 is 0. The fourth-order valence-electron chi connectivity index (χ4n) is 2.25. The third kappa shape index (κ3) is 6.67. The molecule has 2 nitrogen and oxygen atoms in total. The van der Waals surface area contributed by atoms with E-state index in [1.165, 1.54) is 57.8 Å². The van der Waals surface area contributed by atoms with E-state index in [-0.39, 0.29) is 0 Å². The van der Waals surface area contributed by atoms with Gasteiger partial charge in [-0.25, -0.2) is 0 Å². The first-order chi connectivity index (χ1) is 7.43. The van der Waals surface area contributed by atoms with Crippen LogP contribution in [0.4, 0.5) is 0 Å². The highest BCUT2D eigenvalue weighted by molar-refractivity contribution is 5.53. The quantitative estimate of drug-likeness (QED) is 0.676. The molecule has 0 aromatic carbocycles. The maximum Gasteiger partial charge on any atom is 0.123 e. The normalized spacial score (nSPS) is 27.1. The highest BCUT2D eigenvalue weighted by Crippen LogP contribution is 2.16. The number of hydrogen-bond acceptors (Lipinski definition) is 2. The molecule has 88 valence electrons. The van der Waals surface area contributed by atoms with Crippen molar-refractivity contribution in [3.05, 3.63) is 0 Å². The number of rotatable bonds is 1. The van der Waals surface area contributed by atoms with Crippen LogP contribution in [0.3, 0.4) is 0 Å². The van der Waals surface area contributed by atoms with Crippen LogP contribution in [-0.2, 0) is 4.79 Å². The zero-order valence-corrected chi connectivity index (χ0v) is 9.84. The summed E-state index contributed by atoms with van der Waals surface area (Å²) in [6.07, 6.45) is 12.4. The van der Waals surface area contributed by atoms with Gasteiger partial charge in [-0.05, 0) is 38.8 Å². The highest BCUT2D eigenvalue weighted by Gasteiger charge is 2.07. The summed E-state index contributed by atoms with van der Waals surface area (Å²) in [6.45, 7) is 2.31. The van der Waals surface area contributed by atoms with Crippen molar-refractivity contribution in [1.82, 2.24) is 5.32 Å². The molecule has 1 rings (SSSR count). The molecule has 0 aromatic heterocycles. The third-order valence-electron chi connectivity index (χ3n) is 3.30. The Labute approximate surface area is 93.8 Å². The zero-order valence-electron chi connectivity index (χ0n) is 9.84. The summed E-state index contributed by atoms with van der Waals surface area (Å²) in [6, 6.07) is 0. The molecule has 2 heteroatoms. The molecule has 1 aliphatic rings. The Bertz CT molecular complexity index is 145. The van der Waals surface area contributed by atoms with E-state index in [1.54, 1.807) is 0 Å². The molecule has 0 bridgehead atoms. The standard InChI is InChI=1S/C13H25NO/c15-12-13-8-4-2-1-3-6-10-14-11-7-5-9-13/h12-14H,1-11H2. The fraction of sp³-hybridized carbons (Fsp3) is 0.923. The Balaban J connectivity index is 2.20. The maximum atomic E-state index is 10.8. The Hall–Kier alpha value is -0.370. The van der Waals surface area contributed by atoms with Gasteiger partial charge in [-0.2, -0.15) is 0 Å². The number of carbonyl (C=O) groups excluding carboxylic acids is 1. The van der Waals surface area contributed by atoms with Gasteiger partial charge in [0.05, 0.1) is 0 Å². The fourth-order valence-corrected chi connectivity index (χ4v) is 2.25. The summed E-state index contributed by atoms with van der Waals surface area (Å²) in [7, 11) is 0. The minimum atomic E-state index is 0.339. The molecule has 0 amide bonds. The van der Waals surface area contributed by atoms with Crippen LogP contribution in [0.2, 0.25) is 0 Å². The van der Waals surface area contributed by atoms with Gasteiger partial charge < -0.3 is 10.1 Å². The molecule has 0 saturated carbocycles. The van der Waals surface area contributed by atoms with Gasteiger partial charge in [-0.15, -0.1) is 0 Å². The van der Waals surface area contributed by atoms with Crippen molar-refractivity contribution in [2.75, 3.05) is 13.1 Å². The number of hydrogen-bond donors (Lipinski definition) is 1. The number of nitrogens with one attached hydrogen (secondary N) is 1. The summed E-state index contributed by atoms with van der Waals surface area (Å²) in [5.41, 5.74) is 0. The summed E-state index contributed by atoms with van der Waals surface area (Å²) in [5.74, 6) is 0.339. The lowest BCUT2D eigenvalue weighted by molar-refractivity contribution is -0.111. The zero-order chi connectivity index (χ0) is 10.8. The van der Waals surface area contributed by atoms with Crippen LogP contribution < -0.4 is 5.32 Å². The minimum absolute atomic E-state index is 0.339. The van der Waals surface area contributed by atoms with Crippen LogP contribution in [-0.4, -0.2) is 19.4 Å². The lowest BCUT2D eigenvalue weighted by Crippen LogP contribution is -2.16. The van der Waals surface area contributed by atoms with Gasteiger partial charge >= 0.3 is 0 Å². The molecule has 1 saturated heterocycles. The van der Waals surface area contributed by atoms with Crippen LogP contribution in [0.5, 0.6) is 0 Å². The van der Waals surface area contributed by atoms with Crippen molar-refractivity contribution in [2.45, 2.75) is 57.8 Å². The van der Waals surface area contributed by atoms with Gasteiger partial charge in [-0.3, -0.25) is 0 Å². The van der Waals surface area contributed by atoms with Crippen molar-refractivity contribution in [3.8, 4) is 0 Å². The van der Waals surface area contributed by atoms with Gasteiger partial charge in [0.1, 0.15) is 6.29 Å². The van der Waals surface area contributed by atoms with Crippen LogP contribution in [0.15, 0.2) is 0 Å². The van der Waals surface area contributed by atoms with E-state index in [0.29, 0.717) is 5.92 Å². The van der Waals surface area contributed by atoms with Gasteiger partial charge in [0.25, 0.3) is 0 Å². The molecule has 1 N–H and O–H groups in total. The van der Waals surface area contributed by atoms with Crippen molar-refractivity contribution in [1.29, 1.82) is 0 Å². The lowest BCUT2D eigenvalue weighted by atomic mass is 9.96. The average Bonchev–Trinajstić information content (AvgIpc) is 2.29. The van der Waals surface area contributed by atoms with Crippen molar-refractivity contribution in [3.63, 3.8) is 0 Å². The van der Waals surface area contributed by atoms with Crippen molar-refractivity contribution < 1.29 is 4.79 Å². The molecule has 1 aliphatic heterocycles. The first-order valence-corrected chi connectivity index (χ1v) is 6.59. The SMILES string of the molecule is O=CC1CCCCCCCNCCCC1. The minimum Gasteiger partial charge on any atom is -0.317 e. The summed E-state index contributed by atoms with van der Waals surface area (Å²) in [5, 5.41) is 3.47. The van der Waals surface area contributed by atoms with Crippen LogP contribution >= 0.6 is 0 Å². The molecular weight excluding hydrogens is 186 g/mol. The molecular formula is C13H25NO. The van der Waals surface area contributed by atoms with E-state index in [9.17, 15) is 4.79 Å². The molecule has 1 fully saturated rings. The molecule has 15 heavy (non-hydrogen) atoms. The van der Waals surface area contributed by atoms with E-state index in [0.717, 1.165) is 19.4 Å². The second kappa shape index (κ2) is 8.90. The Kier molecular flexibility index (Phi) is 7.53. The topological polar surface area (TPSA) is 29.1 Å². The smallest absolute Gasteiger partial charge is 0.123 e. The highest BCUT2D eigenvalue weighted by atomic mass is 16.1. The van der Waals surface area contributed by atoms with Crippen molar-refractivity contribution in [2.24, 2.45) is 5.92 Å². The van der Waals surface area contributed by atoms with Crippen LogP contribution in [0.1, 0.15) is 57.8 Å². The van der Waals surface area contributed by atoms with Crippen molar-refractivity contribution >= 4 is 6.29 Å². The van der Waals surface area contributed by atoms with Crippen LogP contribution in [0, 0.1) is 5.92 Å². The van der Waals surface area contributed by atoms with E-state index < -0.39 is 0 Å². The predicted octanol–water partition coefficient (Wildman–Crippen LogP) is 2.92. The maximum absolute atomic E-state index is 10.8. The largest absolute Gasteiger partial charge is 0.317 e. The molecule has 0 aliphatic carbocycles. The van der Waals surface area contributed by atoms with E-state index in [4.69, 9.17) is 0 Å². The molecule has 1 unspecified atom stereocenters. The Morgan fingerprint density at radius 2 is 1.33 bits per heavy atom. The molecule has 0 spiro atoms. The first-order valence-electron chi connectivity index (χ1n) is 6.59. The molecule has 0 aromatic rings. The number of aldehydes is 1. The summed E-state index contributed by atoms with van der Waals surface area (Å²) in [4.78, 5) is 10.8. The predicted molar refractivity (Wildman–Crippen MR) is 64.0 cm³/mol. The van der Waals surface area contributed by atoms with E-state index in [1.807, 2.05) is 0 Å². The number of carbonyl (C=O) groups is 1. The third-order valence-corrected chi connectivity index (χ3v) is 3.30. The van der Waals surface area contributed by atoms with E-state index >= 15 is 0 Å². The summed E-state index contributed by atoms with van der Waals surface area (Å²) >= 11 is 0. The second-order valence-electron chi connectivity index (χ2n) is 4.70.